The van der Waals surface area contributed by atoms with Gasteiger partial charge < -0.3 is 5.32 Å². The van der Waals surface area contributed by atoms with E-state index in [1.807, 2.05) is 13.0 Å². The number of aromatic nitrogens is 1. The number of aryl methyl sites for hydroxylation is 1. The average molecular weight is 173 g/mol. The highest BCUT2D eigenvalue weighted by molar-refractivity contribution is 5.39. The first-order valence-electron chi connectivity index (χ1n) is 4.41. The fourth-order valence-corrected chi connectivity index (χ4v) is 1.61. The van der Waals surface area contributed by atoms with E-state index >= 15 is 0 Å². The standard InChI is InChI=1S/C10H11N3/c1-7-8(5-11)4-9-6-12-3-2-10(9)13-7/h4,12H,2-3,6H2,1H3. The fourth-order valence-electron chi connectivity index (χ4n) is 1.61. The quantitative estimate of drug-likeness (QED) is 0.634. The van der Waals surface area contributed by atoms with E-state index in [0.717, 1.165) is 30.9 Å². The number of hydrogen-bond acceptors (Lipinski definition) is 3. The van der Waals surface area contributed by atoms with Crippen LogP contribution in [-0.2, 0) is 13.0 Å². The molecule has 2 rings (SSSR count). The van der Waals surface area contributed by atoms with Gasteiger partial charge >= 0.3 is 0 Å². The summed E-state index contributed by atoms with van der Waals surface area (Å²) in [5, 5.41) is 12.1. The Labute approximate surface area is 77.4 Å². The summed E-state index contributed by atoms with van der Waals surface area (Å²) in [5.41, 5.74) is 3.87. The second-order valence-corrected chi connectivity index (χ2v) is 3.27. The number of nitrogens with zero attached hydrogens (tertiary/aromatic N) is 2. The van der Waals surface area contributed by atoms with Gasteiger partial charge in [0.25, 0.3) is 0 Å². The van der Waals surface area contributed by atoms with Crippen LogP contribution in [0.15, 0.2) is 6.07 Å². The first-order chi connectivity index (χ1) is 6.31. The van der Waals surface area contributed by atoms with Gasteiger partial charge in [0.2, 0.25) is 0 Å². The predicted molar refractivity (Wildman–Crippen MR) is 49.1 cm³/mol. The minimum atomic E-state index is 0.697. The predicted octanol–water partition coefficient (Wildman–Crippen LogP) is 0.907. The van der Waals surface area contributed by atoms with Crippen molar-refractivity contribution in [3.8, 4) is 6.07 Å². The number of fused-ring (bicyclic) bond motifs is 1. The molecule has 1 N–H and O–H groups in total. The van der Waals surface area contributed by atoms with Crippen LogP contribution in [0.25, 0.3) is 0 Å². The van der Waals surface area contributed by atoms with Crippen molar-refractivity contribution in [1.29, 1.82) is 5.26 Å². The highest BCUT2D eigenvalue weighted by Gasteiger charge is 2.12. The topological polar surface area (TPSA) is 48.7 Å². The second kappa shape index (κ2) is 3.15. The highest BCUT2D eigenvalue weighted by atomic mass is 14.9. The lowest BCUT2D eigenvalue weighted by atomic mass is 10.0. The van der Waals surface area contributed by atoms with E-state index < -0.39 is 0 Å². The molecule has 0 fully saturated rings. The van der Waals surface area contributed by atoms with Crippen molar-refractivity contribution in [3.63, 3.8) is 0 Å². The van der Waals surface area contributed by atoms with Gasteiger partial charge in [0.05, 0.1) is 11.3 Å². The molecule has 2 heterocycles. The molecule has 1 aromatic rings. The Balaban J connectivity index is 2.52. The van der Waals surface area contributed by atoms with Gasteiger partial charge in [0.1, 0.15) is 6.07 Å². The molecule has 0 saturated carbocycles. The molecule has 66 valence electrons. The molecule has 1 aromatic heterocycles. The molecule has 0 atom stereocenters. The molecular weight excluding hydrogens is 162 g/mol. The maximum absolute atomic E-state index is 8.81. The van der Waals surface area contributed by atoms with Crippen molar-refractivity contribution in [3.05, 3.63) is 28.6 Å². The van der Waals surface area contributed by atoms with Crippen LogP contribution in [0.2, 0.25) is 0 Å². The molecule has 0 bridgehead atoms. The molecule has 3 nitrogen and oxygen atoms in total. The summed E-state index contributed by atoms with van der Waals surface area (Å²) < 4.78 is 0. The maximum Gasteiger partial charge on any atom is 0.101 e. The first-order valence-corrected chi connectivity index (χ1v) is 4.41. The van der Waals surface area contributed by atoms with Crippen LogP contribution in [0.4, 0.5) is 0 Å². The lowest BCUT2D eigenvalue weighted by Crippen LogP contribution is -2.25. The van der Waals surface area contributed by atoms with Crippen molar-refractivity contribution < 1.29 is 0 Å². The smallest absolute Gasteiger partial charge is 0.101 e. The van der Waals surface area contributed by atoms with E-state index in [2.05, 4.69) is 16.4 Å². The molecule has 13 heavy (non-hydrogen) atoms. The summed E-state index contributed by atoms with van der Waals surface area (Å²) in [6, 6.07) is 4.10. The second-order valence-electron chi connectivity index (χ2n) is 3.27. The zero-order chi connectivity index (χ0) is 9.26. The van der Waals surface area contributed by atoms with Crippen LogP contribution in [0, 0.1) is 18.3 Å². The maximum atomic E-state index is 8.81. The Kier molecular flexibility index (Phi) is 1.99. The SMILES string of the molecule is Cc1nc2c(cc1C#N)CNCC2. The van der Waals surface area contributed by atoms with E-state index in [4.69, 9.17) is 5.26 Å². The Bertz CT molecular complexity index is 376. The summed E-state index contributed by atoms with van der Waals surface area (Å²) in [7, 11) is 0. The molecule has 3 heteroatoms. The molecule has 0 aliphatic carbocycles. The van der Waals surface area contributed by atoms with Crippen molar-refractivity contribution >= 4 is 0 Å². The number of hydrogen-bond donors (Lipinski definition) is 1. The molecule has 0 amide bonds. The third-order valence-electron chi connectivity index (χ3n) is 2.36. The molecule has 0 spiro atoms. The normalized spacial score (nSPS) is 14.8. The third-order valence-corrected chi connectivity index (χ3v) is 2.36. The van der Waals surface area contributed by atoms with E-state index in [1.165, 1.54) is 5.56 Å². The van der Waals surface area contributed by atoms with Gasteiger partial charge in [-0.1, -0.05) is 0 Å². The van der Waals surface area contributed by atoms with E-state index in [0.29, 0.717) is 5.56 Å². The van der Waals surface area contributed by atoms with Gasteiger partial charge in [-0.3, -0.25) is 4.98 Å². The van der Waals surface area contributed by atoms with Gasteiger partial charge in [-0.15, -0.1) is 0 Å². The molecule has 0 radical (unpaired) electrons. The van der Waals surface area contributed by atoms with Gasteiger partial charge in [0.15, 0.2) is 0 Å². The third kappa shape index (κ3) is 1.41. The van der Waals surface area contributed by atoms with Crippen LogP contribution in [0.3, 0.4) is 0 Å². The summed E-state index contributed by atoms with van der Waals surface area (Å²) in [6.07, 6.45) is 0.974. The number of pyridine rings is 1. The Morgan fingerprint density at radius 1 is 1.62 bits per heavy atom. The number of rotatable bonds is 0. The zero-order valence-electron chi connectivity index (χ0n) is 7.59. The van der Waals surface area contributed by atoms with Crippen LogP contribution >= 0.6 is 0 Å². The van der Waals surface area contributed by atoms with E-state index in [9.17, 15) is 0 Å². The molecule has 0 unspecified atom stereocenters. The lowest BCUT2D eigenvalue weighted by molar-refractivity contribution is 0.628. The van der Waals surface area contributed by atoms with Crippen LogP contribution < -0.4 is 5.32 Å². The van der Waals surface area contributed by atoms with Crippen molar-refractivity contribution in [2.24, 2.45) is 0 Å². The molecule has 0 aromatic carbocycles. The van der Waals surface area contributed by atoms with Crippen molar-refractivity contribution in [2.45, 2.75) is 19.9 Å². The van der Waals surface area contributed by atoms with Gasteiger partial charge in [-0.25, -0.2) is 0 Å². The van der Waals surface area contributed by atoms with Gasteiger partial charge in [-0.2, -0.15) is 5.26 Å². The molecule has 1 aliphatic heterocycles. The van der Waals surface area contributed by atoms with Crippen molar-refractivity contribution in [2.75, 3.05) is 6.54 Å². The first kappa shape index (κ1) is 8.21. The largest absolute Gasteiger partial charge is 0.312 e. The van der Waals surface area contributed by atoms with Crippen LogP contribution in [-0.4, -0.2) is 11.5 Å². The monoisotopic (exact) mass is 173 g/mol. The molecule has 0 saturated heterocycles. The average Bonchev–Trinajstić information content (AvgIpc) is 2.17. The van der Waals surface area contributed by atoms with E-state index in [1.54, 1.807) is 0 Å². The van der Waals surface area contributed by atoms with E-state index in [-0.39, 0.29) is 0 Å². The highest BCUT2D eigenvalue weighted by Crippen LogP contribution is 2.15. The lowest BCUT2D eigenvalue weighted by Gasteiger charge is -2.16. The summed E-state index contributed by atoms with van der Waals surface area (Å²) in [4.78, 5) is 4.42. The fraction of sp³-hybridized carbons (Fsp3) is 0.400. The zero-order valence-corrected chi connectivity index (χ0v) is 7.59. The Hall–Kier alpha value is -1.40. The van der Waals surface area contributed by atoms with Crippen LogP contribution in [0.5, 0.6) is 0 Å². The minimum Gasteiger partial charge on any atom is -0.312 e. The summed E-state index contributed by atoms with van der Waals surface area (Å²) in [6.45, 7) is 3.73. The number of nitrogens with one attached hydrogen (secondary N) is 1. The number of nitriles is 1. The molecular formula is C10H11N3. The molecule has 1 aliphatic rings. The van der Waals surface area contributed by atoms with Crippen molar-refractivity contribution in [1.82, 2.24) is 10.3 Å². The van der Waals surface area contributed by atoms with Gasteiger partial charge in [0, 0.05) is 25.2 Å². The minimum absolute atomic E-state index is 0.697. The summed E-state index contributed by atoms with van der Waals surface area (Å²) in [5.74, 6) is 0. The Morgan fingerprint density at radius 2 is 2.46 bits per heavy atom. The van der Waals surface area contributed by atoms with Crippen LogP contribution in [0.1, 0.15) is 22.5 Å². The summed E-state index contributed by atoms with van der Waals surface area (Å²) >= 11 is 0. The Morgan fingerprint density at radius 3 is 3.23 bits per heavy atom. The van der Waals surface area contributed by atoms with Gasteiger partial charge in [-0.05, 0) is 18.6 Å².